The molecule has 2 fully saturated rings. The molecule has 1 unspecified atom stereocenters. The van der Waals surface area contributed by atoms with Gasteiger partial charge in [-0.1, -0.05) is 17.3 Å². The SMILES string of the molecule is CC(C)(O)c1cn(C2CN(C(=O)c3cccc(C4CCOC4)c3)C2)nn1. The number of benzene rings is 1. The molecule has 0 spiro atoms. The summed E-state index contributed by atoms with van der Waals surface area (Å²) in [5.74, 6) is 0.437. The molecule has 138 valence electrons. The third-order valence-corrected chi connectivity index (χ3v) is 5.20. The van der Waals surface area contributed by atoms with Crippen molar-refractivity contribution in [1.82, 2.24) is 19.9 Å². The average molecular weight is 356 g/mol. The molecule has 0 bridgehead atoms. The number of likely N-dealkylation sites (tertiary alicyclic amines) is 1. The highest BCUT2D eigenvalue weighted by Gasteiger charge is 2.34. The summed E-state index contributed by atoms with van der Waals surface area (Å²) in [6.45, 7) is 6.09. The van der Waals surface area contributed by atoms with Gasteiger partial charge in [0.25, 0.3) is 5.91 Å². The second kappa shape index (κ2) is 6.48. The summed E-state index contributed by atoms with van der Waals surface area (Å²) in [5, 5.41) is 18.1. The van der Waals surface area contributed by atoms with Crippen LogP contribution in [0.1, 0.15) is 53.8 Å². The summed E-state index contributed by atoms with van der Waals surface area (Å²) in [4.78, 5) is 14.6. The Hall–Kier alpha value is -2.25. The molecule has 2 aliphatic rings. The Balaban J connectivity index is 1.40. The molecule has 3 heterocycles. The lowest BCUT2D eigenvalue weighted by Crippen LogP contribution is -2.50. The van der Waals surface area contributed by atoms with E-state index in [1.54, 1.807) is 24.7 Å². The van der Waals surface area contributed by atoms with E-state index in [-0.39, 0.29) is 11.9 Å². The molecule has 26 heavy (non-hydrogen) atoms. The standard InChI is InChI=1S/C19H24N4O3/c1-19(2,25)17-11-23(21-20-17)16-9-22(10-16)18(24)14-5-3-4-13(8-14)15-6-7-26-12-15/h3-5,8,11,15-16,25H,6-7,9-10,12H2,1-2H3. The number of carbonyl (C=O) groups excluding carboxylic acids is 1. The number of amides is 1. The number of ether oxygens (including phenoxy) is 1. The van der Waals surface area contributed by atoms with Gasteiger partial charge in [0, 0.05) is 31.2 Å². The van der Waals surface area contributed by atoms with Crippen LogP contribution < -0.4 is 0 Å². The Bertz CT molecular complexity index is 799. The lowest BCUT2D eigenvalue weighted by molar-refractivity contribution is 0.0496. The van der Waals surface area contributed by atoms with Crippen LogP contribution in [0.25, 0.3) is 0 Å². The maximum atomic E-state index is 12.7. The second-order valence-electron chi connectivity index (χ2n) is 7.69. The van der Waals surface area contributed by atoms with Crippen LogP contribution in [0.15, 0.2) is 30.5 Å². The van der Waals surface area contributed by atoms with Gasteiger partial charge in [-0.2, -0.15) is 0 Å². The number of carbonyl (C=O) groups is 1. The largest absolute Gasteiger partial charge is 0.384 e. The van der Waals surface area contributed by atoms with Gasteiger partial charge in [0.1, 0.15) is 11.3 Å². The van der Waals surface area contributed by atoms with Gasteiger partial charge in [0.05, 0.1) is 18.8 Å². The molecule has 2 saturated heterocycles. The molecular weight excluding hydrogens is 332 g/mol. The molecule has 1 N–H and O–H groups in total. The van der Waals surface area contributed by atoms with Crippen molar-refractivity contribution in [1.29, 1.82) is 0 Å². The lowest BCUT2D eigenvalue weighted by Gasteiger charge is -2.39. The lowest BCUT2D eigenvalue weighted by atomic mass is 9.96. The molecule has 1 atom stereocenters. The first kappa shape index (κ1) is 17.2. The highest BCUT2D eigenvalue weighted by atomic mass is 16.5. The van der Waals surface area contributed by atoms with E-state index in [0.29, 0.717) is 24.7 Å². The van der Waals surface area contributed by atoms with E-state index < -0.39 is 5.60 Å². The quantitative estimate of drug-likeness (QED) is 0.902. The van der Waals surface area contributed by atoms with Gasteiger partial charge in [-0.15, -0.1) is 5.10 Å². The molecule has 7 nitrogen and oxygen atoms in total. The number of hydrogen-bond donors (Lipinski definition) is 1. The second-order valence-corrected chi connectivity index (χ2v) is 7.69. The third kappa shape index (κ3) is 3.24. The molecule has 1 amide bonds. The first-order valence-electron chi connectivity index (χ1n) is 9.03. The zero-order chi connectivity index (χ0) is 18.3. The van der Waals surface area contributed by atoms with Crippen molar-refractivity contribution in [3.05, 3.63) is 47.3 Å². The van der Waals surface area contributed by atoms with E-state index in [9.17, 15) is 9.90 Å². The van der Waals surface area contributed by atoms with Crippen molar-refractivity contribution in [2.45, 2.75) is 37.8 Å². The summed E-state index contributed by atoms with van der Waals surface area (Å²) in [6, 6.07) is 8.00. The maximum Gasteiger partial charge on any atom is 0.254 e. The first-order chi connectivity index (χ1) is 12.4. The zero-order valence-electron chi connectivity index (χ0n) is 15.1. The monoisotopic (exact) mass is 356 g/mol. The summed E-state index contributed by atoms with van der Waals surface area (Å²) in [6.07, 6.45) is 2.77. The summed E-state index contributed by atoms with van der Waals surface area (Å²) < 4.78 is 7.19. The summed E-state index contributed by atoms with van der Waals surface area (Å²) in [7, 11) is 0. The Morgan fingerprint density at radius 1 is 1.35 bits per heavy atom. The van der Waals surface area contributed by atoms with Crippen molar-refractivity contribution in [2.75, 3.05) is 26.3 Å². The topological polar surface area (TPSA) is 80.5 Å². The number of nitrogens with zero attached hydrogens (tertiary/aromatic N) is 4. The average Bonchev–Trinajstić information content (AvgIpc) is 3.25. The van der Waals surface area contributed by atoms with E-state index in [4.69, 9.17) is 4.74 Å². The van der Waals surface area contributed by atoms with Gasteiger partial charge in [0.15, 0.2) is 0 Å². The molecular formula is C19H24N4O3. The maximum absolute atomic E-state index is 12.7. The third-order valence-electron chi connectivity index (χ3n) is 5.20. The van der Waals surface area contributed by atoms with Crippen molar-refractivity contribution in [2.24, 2.45) is 0 Å². The van der Waals surface area contributed by atoms with Crippen LogP contribution >= 0.6 is 0 Å². The fraction of sp³-hybridized carbons (Fsp3) is 0.526. The minimum atomic E-state index is -1.01. The van der Waals surface area contributed by atoms with Crippen LogP contribution in [-0.2, 0) is 10.3 Å². The molecule has 0 aliphatic carbocycles. The van der Waals surface area contributed by atoms with Crippen molar-refractivity contribution >= 4 is 5.91 Å². The van der Waals surface area contributed by atoms with E-state index in [0.717, 1.165) is 25.2 Å². The van der Waals surface area contributed by atoms with Gasteiger partial charge in [-0.3, -0.25) is 4.79 Å². The highest BCUT2D eigenvalue weighted by molar-refractivity contribution is 5.95. The highest BCUT2D eigenvalue weighted by Crippen LogP contribution is 2.28. The van der Waals surface area contributed by atoms with E-state index >= 15 is 0 Å². The number of aliphatic hydroxyl groups is 1. The Kier molecular flexibility index (Phi) is 4.28. The van der Waals surface area contributed by atoms with Crippen LogP contribution in [-0.4, -0.2) is 57.2 Å². The number of aromatic nitrogens is 3. The molecule has 2 aliphatic heterocycles. The molecule has 2 aromatic rings. The fourth-order valence-electron chi connectivity index (χ4n) is 3.43. The van der Waals surface area contributed by atoms with E-state index in [1.807, 2.05) is 23.1 Å². The van der Waals surface area contributed by atoms with E-state index in [2.05, 4.69) is 16.4 Å². The van der Waals surface area contributed by atoms with Gasteiger partial charge < -0.3 is 14.7 Å². The van der Waals surface area contributed by atoms with Crippen molar-refractivity contribution < 1.29 is 14.6 Å². The minimum Gasteiger partial charge on any atom is -0.384 e. The molecule has 4 rings (SSSR count). The van der Waals surface area contributed by atoms with Gasteiger partial charge >= 0.3 is 0 Å². The first-order valence-corrected chi connectivity index (χ1v) is 9.03. The molecule has 1 aromatic carbocycles. The van der Waals surface area contributed by atoms with Gasteiger partial charge in [0.2, 0.25) is 0 Å². The smallest absolute Gasteiger partial charge is 0.254 e. The molecule has 0 saturated carbocycles. The van der Waals surface area contributed by atoms with Crippen molar-refractivity contribution in [3.63, 3.8) is 0 Å². The van der Waals surface area contributed by atoms with Crippen LogP contribution in [0.2, 0.25) is 0 Å². The summed E-state index contributed by atoms with van der Waals surface area (Å²) in [5.41, 5.74) is 1.43. The van der Waals surface area contributed by atoms with Crippen LogP contribution in [0.4, 0.5) is 0 Å². The minimum absolute atomic E-state index is 0.0462. The normalized spacial score (nSPS) is 21.0. The van der Waals surface area contributed by atoms with Gasteiger partial charge in [-0.05, 0) is 38.0 Å². The summed E-state index contributed by atoms with van der Waals surface area (Å²) >= 11 is 0. The van der Waals surface area contributed by atoms with Gasteiger partial charge in [-0.25, -0.2) is 4.68 Å². The van der Waals surface area contributed by atoms with Crippen LogP contribution in [0.5, 0.6) is 0 Å². The predicted octanol–water partition coefficient (Wildman–Crippen LogP) is 1.71. The van der Waals surface area contributed by atoms with Crippen LogP contribution in [0.3, 0.4) is 0 Å². The van der Waals surface area contributed by atoms with Crippen LogP contribution in [0, 0.1) is 0 Å². The van der Waals surface area contributed by atoms with Crippen molar-refractivity contribution in [3.8, 4) is 0 Å². The molecule has 7 heteroatoms. The molecule has 0 radical (unpaired) electrons. The Morgan fingerprint density at radius 3 is 2.81 bits per heavy atom. The Morgan fingerprint density at radius 2 is 2.15 bits per heavy atom. The Labute approximate surface area is 152 Å². The number of rotatable bonds is 4. The zero-order valence-corrected chi connectivity index (χ0v) is 15.1. The molecule has 1 aromatic heterocycles. The van der Waals surface area contributed by atoms with E-state index in [1.165, 1.54) is 5.56 Å². The number of hydrogen-bond acceptors (Lipinski definition) is 5. The predicted molar refractivity (Wildman–Crippen MR) is 94.8 cm³/mol. The fourth-order valence-corrected chi connectivity index (χ4v) is 3.43.